The highest BCUT2D eigenvalue weighted by Crippen LogP contribution is 2.26. The van der Waals surface area contributed by atoms with Crippen molar-refractivity contribution in [2.75, 3.05) is 5.32 Å². The molecule has 0 atom stereocenters. The van der Waals surface area contributed by atoms with Crippen LogP contribution in [0.15, 0.2) is 68.8 Å². The fourth-order valence-corrected chi connectivity index (χ4v) is 4.40. The average molecular weight is 462 g/mol. The van der Waals surface area contributed by atoms with Crippen molar-refractivity contribution in [1.29, 1.82) is 0 Å². The van der Waals surface area contributed by atoms with Crippen LogP contribution in [0.4, 0.5) is 5.69 Å². The normalized spacial score (nSPS) is 14.0. The number of aromatic nitrogens is 1. The van der Waals surface area contributed by atoms with Crippen molar-refractivity contribution in [2.24, 2.45) is 0 Å². The molecule has 144 valence electrons. The van der Waals surface area contributed by atoms with E-state index in [4.69, 9.17) is 4.42 Å². The number of carbonyl (C=O) groups is 1. The minimum Gasteiger partial charge on any atom is -0.444 e. The first-order valence-electron chi connectivity index (χ1n) is 8.54. The van der Waals surface area contributed by atoms with Crippen LogP contribution in [0.1, 0.15) is 23.2 Å². The molecule has 0 aliphatic heterocycles. The zero-order chi connectivity index (χ0) is 19.7. The zero-order valence-corrected chi connectivity index (χ0v) is 17.0. The first-order chi connectivity index (χ1) is 13.4. The number of halogens is 1. The molecule has 0 saturated heterocycles. The van der Waals surface area contributed by atoms with Crippen LogP contribution in [-0.2, 0) is 10.0 Å². The summed E-state index contributed by atoms with van der Waals surface area (Å²) in [5.41, 5.74) is 1.54. The maximum atomic E-state index is 12.8. The van der Waals surface area contributed by atoms with Gasteiger partial charge in [0, 0.05) is 21.8 Å². The van der Waals surface area contributed by atoms with Crippen LogP contribution >= 0.6 is 15.9 Å². The molecule has 7 nitrogen and oxygen atoms in total. The van der Waals surface area contributed by atoms with E-state index in [0.717, 1.165) is 18.4 Å². The lowest BCUT2D eigenvalue weighted by atomic mass is 10.1. The topological polar surface area (TPSA) is 101 Å². The Kier molecular flexibility index (Phi) is 5.05. The number of amides is 1. The minimum atomic E-state index is -3.65. The molecule has 0 bridgehead atoms. The summed E-state index contributed by atoms with van der Waals surface area (Å²) in [7, 11) is -3.65. The number of carbonyl (C=O) groups excluding carboxylic acids is 1. The minimum absolute atomic E-state index is 0.00949. The number of nitrogens with one attached hydrogen (secondary N) is 2. The highest BCUT2D eigenvalue weighted by Gasteiger charge is 2.28. The van der Waals surface area contributed by atoms with E-state index >= 15 is 0 Å². The number of anilines is 1. The summed E-state index contributed by atoms with van der Waals surface area (Å²) < 4.78 is 33.2. The molecule has 1 aromatic heterocycles. The fraction of sp³-hybridized carbons (Fsp3) is 0.158. The van der Waals surface area contributed by atoms with Gasteiger partial charge in [-0.25, -0.2) is 18.1 Å². The second-order valence-electron chi connectivity index (χ2n) is 6.44. The molecule has 2 aromatic carbocycles. The summed E-state index contributed by atoms with van der Waals surface area (Å²) in [6.07, 6.45) is 4.59. The molecule has 1 amide bonds. The lowest BCUT2D eigenvalue weighted by molar-refractivity contribution is 0.102. The Morgan fingerprint density at radius 2 is 2.00 bits per heavy atom. The number of hydrogen-bond donors (Lipinski definition) is 2. The van der Waals surface area contributed by atoms with Crippen molar-refractivity contribution in [3.8, 4) is 11.3 Å². The fourth-order valence-electron chi connectivity index (χ4n) is 2.64. The monoisotopic (exact) mass is 461 g/mol. The standard InChI is InChI=1S/C19H16BrN3O4S/c20-17-7-6-15(28(25,26)23-13-4-5-13)9-16(17)19(24)22-14-3-1-2-12(8-14)18-10-21-11-27-18/h1-3,6-11,13,23H,4-5H2,(H,22,24). The number of sulfonamides is 1. The van der Waals surface area contributed by atoms with Crippen LogP contribution < -0.4 is 10.0 Å². The third kappa shape index (κ3) is 4.16. The molecular weight excluding hydrogens is 446 g/mol. The van der Waals surface area contributed by atoms with Gasteiger partial charge in [-0.15, -0.1) is 0 Å². The summed E-state index contributed by atoms with van der Waals surface area (Å²) in [5, 5.41) is 2.79. The largest absolute Gasteiger partial charge is 0.444 e. The van der Waals surface area contributed by atoms with Gasteiger partial charge in [-0.05, 0) is 59.1 Å². The Balaban J connectivity index is 1.58. The number of benzene rings is 2. The van der Waals surface area contributed by atoms with Gasteiger partial charge in [0.15, 0.2) is 12.2 Å². The van der Waals surface area contributed by atoms with E-state index in [1.54, 1.807) is 30.5 Å². The first-order valence-corrected chi connectivity index (χ1v) is 10.8. The van der Waals surface area contributed by atoms with Crippen LogP contribution in [0.5, 0.6) is 0 Å². The molecule has 1 aliphatic rings. The molecule has 0 unspecified atom stereocenters. The third-order valence-electron chi connectivity index (χ3n) is 4.23. The van der Waals surface area contributed by atoms with Crippen molar-refractivity contribution in [3.63, 3.8) is 0 Å². The van der Waals surface area contributed by atoms with Crippen LogP contribution in [0.3, 0.4) is 0 Å². The summed E-state index contributed by atoms with van der Waals surface area (Å²) in [5.74, 6) is 0.154. The van der Waals surface area contributed by atoms with E-state index in [1.165, 1.54) is 18.5 Å². The number of hydrogen-bond acceptors (Lipinski definition) is 5. The Bertz CT molecular complexity index is 1130. The first kappa shape index (κ1) is 18.9. The molecule has 4 rings (SSSR count). The van der Waals surface area contributed by atoms with Gasteiger partial charge in [0.05, 0.1) is 16.7 Å². The van der Waals surface area contributed by atoms with Crippen molar-refractivity contribution in [2.45, 2.75) is 23.8 Å². The quantitative estimate of drug-likeness (QED) is 0.581. The van der Waals surface area contributed by atoms with Gasteiger partial charge >= 0.3 is 0 Å². The smallest absolute Gasteiger partial charge is 0.256 e. The second-order valence-corrected chi connectivity index (χ2v) is 9.01. The molecule has 0 radical (unpaired) electrons. The Hall–Kier alpha value is -2.49. The number of nitrogens with zero attached hydrogens (tertiary/aromatic N) is 1. The lowest BCUT2D eigenvalue weighted by Gasteiger charge is -2.11. The average Bonchev–Trinajstić information content (AvgIpc) is 3.29. The molecule has 1 heterocycles. The van der Waals surface area contributed by atoms with E-state index in [0.29, 0.717) is 15.9 Å². The Labute approximate surface area is 170 Å². The predicted molar refractivity (Wildman–Crippen MR) is 107 cm³/mol. The van der Waals surface area contributed by atoms with Gasteiger partial charge in [0.25, 0.3) is 5.91 Å². The third-order valence-corrected chi connectivity index (χ3v) is 6.44. The van der Waals surface area contributed by atoms with E-state index in [2.05, 4.69) is 31.0 Å². The Morgan fingerprint density at radius 3 is 2.71 bits per heavy atom. The molecule has 28 heavy (non-hydrogen) atoms. The van der Waals surface area contributed by atoms with Gasteiger partial charge < -0.3 is 9.73 Å². The SMILES string of the molecule is O=C(Nc1cccc(-c2cnco2)c1)c1cc(S(=O)(=O)NC2CC2)ccc1Br. The van der Waals surface area contributed by atoms with E-state index < -0.39 is 15.9 Å². The van der Waals surface area contributed by atoms with Gasteiger partial charge in [-0.2, -0.15) is 0 Å². The lowest BCUT2D eigenvalue weighted by Crippen LogP contribution is -2.26. The molecule has 1 fully saturated rings. The van der Waals surface area contributed by atoms with Crippen LogP contribution in [-0.4, -0.2) is 25.4 Å². The second kappa shape index (κ2) is 7.50. The molecule has 1 aliphatic carbocycles. The van der Waals surface area contributed by atoms with Crippen LogP contribution in [0.2, 0.25) is 0 Å². The van der Waals surface area contributed by atoms with Gasteiger partial charge in [-0.1, -0.05) is 12.1 Å². The van der Waals surface area contributed by atoms with Crippen molar-refractivity contribution < 1.29 is 17.6 Å². The predicted octanol–water partition coefficient (Wildman–Crippen LogP) is 3.80. The molecule has 9 heteroatoms. The van der Waals surface area contributed by atoms with Gasteiger partial charge in [0.2, 0.25) is 10.0 Å². The maximum Gasteiger partial charge on any atom is 0.256 e. The number of rotatable bonds is 6. The van der Waals surface area contributed by atoms with Crippen LogP contribution in [0.25, 0.3) is 11.3 Å². The summed E-state index contributed by atoms with van der Waals surface area (Å²) in [6.45, 7) is 0. The summed E-state index contributed by atoms with van der Waals surface area (Å²) >= 11 is 3.32. The van der Waals surface area contributed by atoms with Crippen molar-refractivity contribution >= 4 is 37.5 Å². The van der Waals surface area contributed by atoms with Gasteiger partial charge in [-0.3, -0.25) is 4.79 Å². The molecule has 0 spiro atoms. The molecular formula is C19H16BrN3O4S. The highest BCUT2D eigenvalue weighted by molar-refractivity contribution is 9.10. The van der Waals surface area contributed by atoms with Crippen molar-refractivity contribution in [1.82, 2.24) is 9.71 Å². The van der Waals surface area contributed by atoms with Crippen LogP contribution in [0, 0.1) is 0 Å². The van der Waals surface area contributed by atoms with E-state index in [1.807, 2.05) is 6.07 Å². The highest BCUT2D eigenvalue weighted by atomic mass is 79.9. The Morgan fingerprint density at radius 1 is 1.18 bits per heavy atom. The van der Waals surface area contributed by atoms with E-state index in [9.17, 15) is 13.2 Å². The van der Waals surface area contributed by atoms with E-state index in [-0.39, 0.29) is 16.5 Å². The molecule has 1 saturated carbocycles. The molecule has 2 N–H and O–H groups in total. The number of oxazole rings is 1. The summed E-state index contributed by atoms with van der Waals surface area (Å²) in [6, 6.07) is 11.5. The molecule has 3 aromatic rings. The maximum absolute atomic E-state index is 12.8. The van der Waals surface area contributed by atoms with Crippen molar-refractivity contribution in [3.05, 3.63) is 65.1 Å². The zero-order valence-electron chi connectivity index (χ0n) is 14.6. The summed E-state index contributed by atoms with van der Waals surface area (Å²) in [4.78, 5) is 16.7. The van der Waals surface area contributed by atoms with Gasteiger partial charge in [0.1, 0.15) is 0 Å².